The van der Waals surface area contributed by atoms with Crippen LogP contribution in [0.1, 0.15) is 19.3 Å². The van der Waals surface area contributed by atoms with Gasteiger partial charge in [0.25, 0.3) is 0 Å². The summed E-state index contributed by atoms with van der Waals surface area (Å²) in [6.07, 6.45) is 5.16. The number of rotatable bonds is 5. The fourth-order valence-electron chi connectivity index (χ4n) is 2.83. The molecule has 2 aliphatic heterocycles. The average Bonchev–Trinajstić information content (AvgIpc) is 2.86. The fourth-order valence-corrected chi connectivity index (χ4v) is 4.81. The molecule has 0 amide bonds. The molecule has 2 aliphatic rings. The molecule has 0 unspecified atom stereocenters. The van der Waals surface area contributed by atoms with Crippen molar-refractivity contribution in [1.82, 2.24) is 10.2 Å². The van der Waals surface area contributed by atoms with Gasteiger partial charge >= 0.3 is 0 Å². The largest absolute Gasteiger partial charge is 0.311 e. The second-order valence-corrected chi connectivity index (χ2v) is 7.18. The quantitative estimate of drug-likeness (QED) is 0.573. The zero-order valence-corrected chi connectivity index (χ0v) is 11.1. The normalized spacial score (nSPS) is 32.9. The standard InChI is InChI=1S/C12H22N2O2S/c1-2-3-6-13-11-9-17(15,16)10-12(11)14-7-4-5-8-14/h2,11-13H,1,3-10H2/t11-,12+/m1/s1. The lowest BCUT2D eigenvalue weighted by Crippen LogP contribution is -2.48. The monoisotopic (exact) mass is 258 g/mol. The van der Waals surface area contributed by atoms with Gasteiger partial charge in [-0.25, -0.2) is 8.42 Å². The highest BCUT2D eigenvalue weighted by molar-refractivity contribution is 7.91. The second kappa shape index (κ2) is 5.50. The third kappa shape index (κ3) is 3.30. The molecule has 2 atom stereocenters. The first-order valence-electron chi connectivity index (χ1n) is 6.41. The Bertz CT molecular complexity index is 361. The summed E-state index contributed by atoms with van der Waals surface area (Å²) in [4.78, 5) is 2.34. The lowest BCUT2D eigenvalue weighted by atomic mass is 10.1. The van der Waals surface area contributed by atoms with Gasteiger partial charge in [0.1, 0.15) is 0 Å². The summed E-state index contributed by atoms with van der Waals surface area (Å²) in [6.45, 7) is 6.62. The van der Waals surface area contributed by atoms with E-state index in [0.29, 0.717) is 11.5 Å². The Morgan fingerprint density at radius 1 is 1.29 bits per heavy atom. The molecule has 0 bridgehead atoms. The Morgan fingerprint density at radius 2 is 2.00 bits per heavy atom. The minimum atomic E-state index is -2.85. The van der Waals surface area contributed by atoms with Crippen LogP contribution in [0.5, 0.6) is 0 Å². The molecule has 0 aliphatic carbocycles. The Hall–Kier alpha value is -0.390. The summed E-state index contributed by atoms with van der Waals surface area (Å²) in [5, 5.41) is 3.37. The zero-order chi connectivity index (χ0) is 12.3. The topological polar surface area (TPSA) is 49.4 Å². The Morgan fingerprint density at radius 3 is 2.65 bits per heavy atom. The SMILES string of the molecule is C=CCCN[C@@H]1CS(=O)(=O)C[C@@H]1N1CCCC1. The first kappa shape index (κ1) is 13.1. The van der Waals surface area contributed by atoms with Crippen molar-refractivity contribution in [3.05, 3.63) is 12.7 Å². The van der Waals surface area contributed by atoms with Crippen molar-refractivity contribution in [3.63, 3.8) is 0 Å². The van der Waals surface area contributed by atoms with Gasteiger partial charge in [-0.2, -0.15) is 0 Å². The van der Waals surface area contributed by atoms with Crippen LogP contribution in [-0.2, 0) is 9.84 Å². The number of likely N-dealkylation sites (tertiary alicyclic amines) is 1. The fraction of sp³-hybridized carbons (Fsp3) is 0.833. The lowest BCUT2D eigenvalue weighted by Gasteiger charge is -2.28. The zero-order valence-electron chi connectivity index (χ0n) is 10.3. The van der Waals surface area contributed by atoms with E-state index in [-0.39, 0.29) is 12.1 Å². The molecule has 98 valence electrons. The Kier molecular flexibility index (Phi) is 4.22. The number of sulfone groups is 1. The number of nitrogens with one attached hydrogen (secondary N) is 1. The van der Waals surface area contributed by atoms with Crippen LogP contribution in [0.4, 0.5) is 0 Å². The first-order valence-corrected chi connectivity index (χ1v) is 8.23. The van der Waals surface area contributed by atoms with Gasteiger partial charge in [0.15, 0.2) is 9.84 Å². The van der Waals surface area contributed by atoms with Crippen molar-refractivity contribution in [2.45, 2.75) is 31.3 Å². The van der Waals surface area contributed by atoms with Crippen LogP contribution in [0.3, 0.4) is 0 Å². The number of hydrogen-bond acceptors (Lipinski definition) is 4. The smallest absolute Gasteiger partial charge is 0.153 e. The van der Waals surface area contributed by atoms with E-state index in [1.54, 1.807) is 0 Å². The lowest BCUT2D eigenvalue weighted by molar-refractivity contribution is 0.227. The van der Waals surface area contributed by atoms with Crippen molar-refractivity contribution in [3.8, 4) is 0 Å². The Balaban J connectivity index is 1.97. The number of hydrogen-bond donors (Lipinski definition) is 1. The van der Waals surface area contributed by atoms with Crippen LogP contribution < -0.4 is 5.32 Å². The van der Waals surface area contributed by atoms with Gasteiger partial charge < -0.3 is 5.32 Å². The van der Waals surface area contributed by atoms with Crippen LogP contribution in [0.25, 0.3) is 0 Å². The molecule has 4 nitrogen and oxygen atoms in total. The van der Waals surface area contributed by atoms with Crippen LogP contribution in [-0.4, -0.2) is 56.5 Å². The molecule has 0 aromatic carbocycles. The summed E-state index contributed by atoms with van der Waals surface area (Å²) in [6, 6.07) is 0.297. The van der Waals surface area contributed by atoms with Gasteiger partial charge in [-0.05, 0) is 38.9 Å². The average molecular weight is 258 g/mol. The molecule has 0 saturated carbocycles. The van der Waals surface area contributed by atoms with E-state index in [9.17, 15) is 8.42 Å². The van der Waals surface area contributed by atoms with Crippen LogP contribution in [0, 0.1) is 0 Å². The van der Waals surface area contributed by atoms with E-state index >= 15 is 0 Å². The molecule has 0 aromatic heterocycles. The van der Waals surface area contributed by atoms with E-state index in [1.807, 2.05) is 6.08 Å². The molecule has 0 radical (unpaired) electrons. The van der Waals surface area contributed by atoms with Gasteiger partial charge in [0.05, 0.1) is 11.5 Å². The van der Waals surface area contributed by atoms with Gasteiger partial charge in [0, 0.05) is 12.1 Å². The summed E-state index contributed by atoms with van der Waals surface area (Å²) in [5.74, 6) is 0.629. The van der Waals surface area contributed by atoms with Gasteiger partial charge in [0.2, 0.25) is 0 Å². The van der Waals surface area contributed by atoms with E-state index in [4.69, 9.17) is 0 Å². The summed E-state index contributed by atoms with van der Waals surface area (Å²) >= 11 is 0. The molecular weight excluding hydrogens is 236 g/mol. The van der Waals surface area contributed by atoms with Crippen molar-refractivity contribution in [2.75, 3.05) is 31.1 Å². The minimum Gasteiger partial charge on any atom is -0.311 e. The van der Waals surface area contributed by atoms with E-state index < -0.39 is 9.84 Å². The molecule has 0 spiro atoms. The summed E-state index contributed by atoms with van der Waals surface area (Å²) in [5.41, 5.74) is 0. The van der Waals surface area contributed by atoms with Gasteiger partial charge in [-0.1, -0.05) is 6.08 Å². The highest BCUT2D eigenvalue weighted by atomic mass is 32.2. The predicted molar refractivity (Wildman–Crippen MR) is 69.9 cm³/mol. The van der Waals surface area contributed by atoms with E-state index in [0.717, 1.165) is 26.1 Å². The van der Waals surface area contributed by atoms with Gasteiger partial charge in [-0.15, -0.1) is 6.58 Å². The molecule has 17 heavy (non-hydrogen) atoms. The molecule has 5 heteroatoms. The number of nitrogens with zero attached hydrogens (tertiary/aromatic N) is 1. The maximum atomic E-state index is 11.8. The highest BCUT2D eigenvalue weighted by Gasteiger charge is 2.41. The Labute approximate surface area is 104 Å². The summed E-state index contributed by atoms with van der Waals surface area (Å²) in [7, 11) is -2.85. The van der Waals surface area contributed by atoms with E-state index in [2.05, 4.69) is 16.8 Å². The van der Waals surface area contributed by atoms with Crippen molar-refractivity contribution >= 4 is 9.84 Å². The third-order valence-electron chi connectivity index (χ3n) is 3.69. The van der Waals surface area contributed by atoms with Crippen LogP contribution in [0.15, 0.2) is 12.7 Å². The molecule has 2 rings (SSSR count). The maximum Gasteiger partial charge on any atom is 0.153 e. The third-order valence-corrected chi connectivity index (χ3v) is 5.40. The summed E-state index contributed by atoms with van der Waals surface area (Å²) < 4.78 is 23.5. The second-order valence-electron chi connectivity index (χ2n) is 5.03. The van der Waals surface area contributed by atoms with Crippen LogP contribution in [0.2, 0.25) is 0 Å². The van der Waals surface area contributed by atoms with Gasteiger partial charge in [-0.3, -0.25) is 4.90 Å². The maximum absolute atomic E-state index is 11.8. The molecule has 2 saturated heterocycles. The molecule has 2 heterocycles. The van der Waals surface area contributed by atoms with Crippen molar-refractivity contribution in [1.29, 1.82) is 0 Å². The predicted octanol–water partition coefficient (Wildman–Crippen LogP) is 0.414. The first-order chi connectivity index (χ1) is 8.12. The molecule has 2 fully saturated rings. The van der Waals surface area contributed by atoms with Crippen molar-refractivity contribution in [2.24, 2.45) is 0 Å². The van der Waals surface area contributed by atoms with Crippen LogP contribution >= 0.6 is 0 Å². The molecule has 0 aromatic rings. The van der Waals surface area contributed by atoms with E-state index in [1.165, 1.54) is 12.8 Å². The van der Waals surface area contributed by atoms with Crippen molar-refractivity contribution < 1.29 is 8.42 Å². The molecule has 1 N–H and O–H groups in total. The minimum absolute atomic E-state index is 0.109. The molecular formula is C12H22N2O2S. The highest BCUT2D eigenvalue weighted by Crippen LogP contribution is 2.22.